The zero-order valence-electron chi connectivity index (χ0n) is 19.5. The molecule has 2 aromatic rings. The Morgan fingerprint density at radius 3 is 2.39 bits per heavy atom. The van der Waals surface area contributed by atoms with Crippen molar-refractivity contribution in [3.63, 3.8) is 0 Å². The maximum absolute atomic E-state index is 10.0. The fourth-order valence-corrected chi connectivity index (χ4v) is 4.50. The number of nitrogens with two attached hydrogens (primary N) is 1. The smallest absolute Gasteiger partial charge is 0.205 e. The van der Waals surface area contributed by atoms with Crippen molar-refractivity contribution in [3.05, 3.63) is 88.0 Å². The van der Waals surface area contributed by atoms with Crippen LogP contribution >= 0.6 is 0 Å². The van der Waals surface area contributed by atoms with E-state index in [0.717, 1.165) is 33.8 Å². The molecule has 6 nitrogen and oxygen atoms in total. The van der Waals surface area contributed by atoms with Gasteiger partial charge in [0.1, 0.15) is 28.9 Å². The quantitative estimate of drug-likeness (QED) is 0.729. The van der Waals surface area contributed by atoms with E-state index < -0.39 is 0 Å². The standard InChI is InChI=1S/C27H29N3O3/c1-17(2)30-15-19(13-18-9-5-7-11-23(18)31-3)26-22(16-30)25(21(14-28)27(29)33-26)20-10-6-8-12-24(20)32-4/h5-13,17,25H,15-16,29H2,1-4H3/b19-13+. The number of hydrogen-bond donors (Lipinski definition) is 1. The molecule has 170 valence electrons. The Morgan fingerprint density at radius 2 is 1.73 bits per heavy atom. The third-order valence-corrected chi connectivity index (χ3v) is 6.21. The number of hydrogen-bond acceptors (Lipinski definition) is 6. The van der Waals surface area contributed by atoms with Crippen molar-refractivity contribution in [1.82, 2.24) is 4.90 Å². The van der Waals surface area contributed by atoms with Crippen molar-refractivity contribution >= 4 is 6.08 Å². The Kier molecular flexibility index (Phi) is 6.43. The maximum Gasteiger partial charge on any atom is 0.205 e. The van der Waals surface area contributed by atoms with Crippen LogP contribution < -0.4 is 15.2 Å². The Labute approximate surface area is 195 Å². The van der Waals surface area contributed by atoms with Crippen LogP contribution in [0.15, 0.2) is 76.9 Å². The number of para-hydroxylation sites is 2. The van der Waals surface area contributed by atoms with E-state index in [1.165, 1.54) is 0 Å². The third kappa shape index (κ3) is 4.20. The van der Waals surface area contributed by atoms with Crippen LogP contribution in [0.3, 0.4) is 0 Å². The molecule has 0 bridgehead atoms. The lowest BCUT2D eigenvalue weighted by Gasteiger charge is -2.40. The van der Waals surface area contributed by atoms with Gasteiger partial charge in [-0.15, -0.1) is 0 Å². The zero-order chi connectivity index (χ0) is 23.5. The molecule has 0 aliphatic carbocycles. The first-order valence-corrected chi connectivity index (χ1v) is 11.0. The molecule has 0 saturated heterocycles. The normalized spacial score (nSPS) is 19.9. The molecule has 0 saturated carbocycles. The van der Waals surface area contributed by atoms with Gasteiger partial charge in [-0.1, -0.05) is 36.4 Å². The molecule has 0 aromatic heterocycles. The molecule has 2 aliphatic heterocycles. The van der Waals surface area contributed by atoms with Crippen molar-refractivity contribution in [1.29, 1.82) is 5.26 Å². The van der Waals surface area contributed by atoms with Crippen LogP contribution in [0.4, 0.5) is 0 Å². The van der Waals surface area contributed by atoms with Crippen molar-refractivity contribution < 1.29 is 14.2 Å². The Hall–Kier alpha value is -3.69. The fourth-order valence-electron chi connectivity index (χ4n) is 4.50. The molecular weight excluding hydrogens is 414 g/mol. The second-order valence-electron chi connectivity index (χ2n) is 8.43. The van der Waals surface area contributed by atoms with Crippen LogP contribution in [0.2, 0.25) is 0 Å². The van der Waals surface area contributed by atoms with E-state index in [1.54, 1.807) is 14.2 Å². The number of ether oxygens (including phenoxy) is 3. The minimum Gasteiger partial charge on any atom is -0.496 e. The van der Waals surface area contributed by atoms with Crippen molar-refractivity contribution in [2.45, 2.75) is 25.8 Å². The van der Waals surface area contributed by atoms with Gasteiger partial charge in [0.25, 0.3) is 0 Å². The number of nitriles is 1. The van der Waals surface area contributed by atoms with Gasteiger partial charge in [-0.3, -0.25) is 4.90 Å². The van der Waals surface area contributed by atoms with Gasteiger partial charge in [0.2, 0.25) is 5.88 Å². The monoisotopic (exact) mass is 443 g/mol. The number of rotatable bonds is 5. The van der Waals surface area contributed by atoms with Crippen LogP contribution in [0, 0.1) is 11.3 Å². The van der Waals surface area contributed by atoms with Crippen LogP contribution in [-0.4, -0.2) is 38.3 Å². The SMILES string of the molecule is COc1ccccc1/C=C1\CN(C(C)C)CC2=C1OC(N)=C(C#N)C2c1ccccc1OC. The maximum atomic E-state index is 10.0. The summed E-state index contributed by atoms with van der Waals surface area (Å²) in [5.74, 6) is 2.01. The second kappa shape index (κ2) is 9.43. The zero-order valence-corrected chi connectivity index (χ0v) is 19.5. The van der Waals surface area contributed by atoms with Gasteiger partial charge in [0, 0.05) is 35.8 Å². The summed E-state index contributed by atoms with van der Waals surface area (Å²) in [5, 5.41) is 10.0. The molecule has 0 spiro atoms. The van der Waals surface area contributed by atoms with Gasteiger partial charge < -0.3 is 19.9 Å². The number of benzene rings is 2. The summed E-state index contributed by atoms with van der Waals surface area (Å²) in [4.78, 5) is 2.36. The van der Waals surface area contributed by atoms with Gasteiger partial charge in [0.15, 0.2) is 0 Å². The molecule has 0 radical (unpaired) electrons. The number of methoxy groups -OCH3 is 2. The van der Waals surface area contributed by atoms with Gasteiger partial charge in [0.05, 0.1) is 20.1 Å². The molecule has 4 rings (SSSR count). The lowest BCUT2D eigenvalue weighted by atomic mass is 9.79. The third-order valence-electron chi connectivity index (χ3n) is 6.21. The fraction of sp³-hybridized carbons (Fsp3) is 0.296. The molecule has 33 heavy (non-hydrogen) atoms. The first-order valence-electron chi connectivity index (χ1n) is 11.0. The molecule has 0 fully saturated rings. The van der Waals surface area contributed by atoms with E-state index in [0.29, 0.717) is 30.5 Å². The lowest BCUT2D eigenvalue weighted by molar-refractivity contribution is 0.207. The highest BCUT2D eigenvalue weighted by Crippen LogP contribution is 2.46. The second-order valence-corrected chi connectivity index (χ2v) is 8.43. The van der Waals surface area contributed by atoms with Crippen molar-refractivity contribution in [2.75, 3.05) is 27.3 Å². The van der Waals surface area contributed by atoms with Gasteiger partial charge >= 0.3 is 0 Å². The van der Waals surface area contributed by atoms with Crippen molar-refractivity contribution in [3.8, 4) is 17.6 Å². The average molecular weight is 444 g/mol. The summed E-state index contributed by atoms with van der Waals surface area (Å²) < 4.78 is 17.4. The van der Waals surface area contributed by atoms with Crippen LogP contribution in [0.1, 0.15) is 30.9 Å². The topological polar surface area (TPSA) is 80.7 Å². The summed E-state index contributed by atoms with van der Waals surface area (Å²) in [6.45, 7) is 5.70. The summed E-state index contributed by atoms with van der Waals surface area (Å²) in [6.07, 6.45) is 2.09. The summed E-state index contributed by atoms with van der Waals surface area (Å²) in [5.41, 5.74) is 10.6. The van der Waals surface area contributed by atoms with E-state index in [9.17, 15) is 5.26 Å². The molecule has 2 aromatic carbocycles. The summed E-state index contributed by atoms with van der Waals surface area (Å²) in [7, 11) is 3.30. The van der Waals surface area contributed by atoms with E-state index in [1.807, 2.05) is 48.5 Å². The Balaban J connectivity index is 1.94. The molecular formula is C27H29N3O3. The number of nitrogens with zero attached hydrogens (tertiary/aromatic N) is 2. The first kappa shape index (κ1) is 22.5. The predicted molar refractivity (Wildman–Crippen MR) is 128 cm³/mol. The Morgan fingerprint density at radius 1 is 1.06 bits per heavy atom. The van der Waals surface area contributed by atoms with Crippen molar-refractivity contribution in [2.24, 2.45) is 5.73 Å². The van der Waals surface area contributed by atoms with Crippen LogP contribution in [-0.2, 0) is 4.74 Å². The molecule has 1 atom stereocenters. The molecule has 2 heterocycles. The van der Waals surface area contributed by atoms with Crippen LogP contribution in [0.5, 0.6) is 11.5 Å². The Bertz CT molecular complexity index is 1190. The average Bonchev–Trinajstić information content (AvgIpc) is 2.83. The van der Waals surface area contributed by atoms with Crippen LogP contribution in [0.25, 0.3) is 6.08 Å². The first-order chi connectivity index (χ1) is 16.0. The molecule has 6 heteroatoms. The van der Waals surface area contributed by atoms with E-state index in [-0.39, 0.29) is 11.8 Å². The van der Waals surface area contributed by atoms with Gasteiger partial charge in [-0.25, -0.2) is 0 Å². The highest BCUT2D eigenvalue weighted by molar-refractivity contribution is 5.66. The van der Waals surface area contributed by atoms with Gasteiger partial charge in [-0.2, -0.15) is 5.26 Å². The molecule has 2 aliphatic rings. The largest absolute Gasteiger partial charge is 0.496 e. The molecule has 2 N–H and O–H groups in total. The predicted octanol–water partition coefficient (Wildman–Crippen LogP) is 4.57. The number of allylic oxidation sites excluding steroid dienone is 1. The van der Waals surface area contributed by atoms with Gasteiger partial charge in [-0.05, 0) is 37.6 Å². The van der Waals surface area contributed by atoms with E-state index >= 15 is 0 Å². The summed E-state index contributed by atoms with van der Waals surface area (Å²) in [6, 6.07) is 18.2. The molecule has 1 unspecified atom stereocenters. The minimum atomic E-state index is -0.350. The molecule has 0 amide bonds. The van der Waals surface area contributed by atoms with E-state index in [4.69, 9.17) is 19.9 Å². The highest BCUT2D eigenvalue weighted by Gasteiger charge is 2.39. The lowest BCUT2D eigenvalue weighted by Crippen LogP contribution is -2.41. The minimum absolute atomic E-state index is 0.135. The highest BCUT2D eigenvalue weighted by atomic mass is 16.5. The van der Waals surface area contributed by atoms with E-state index in [2.05, 4.69) is 30.9 Å². The summed E-state index contributed by atoms with van der Waals surface area (Å²) >= 11 is 0.